The Morgan fingerprint density at radius 2 is 1.86 bits per heavy atom. The van der Waals surface area contributed by atoms with E-state index in [0.29, 0.717) is 37.0 Å². The Morgan fingerprint density at radius 1 is 1.21 bits per heavy atom. The highest BCUT2D eigenvalue weighted by atomic mass is 127. The molecule has 0 radical (unpaired) electrons. The fourth-order valence-corrected chi connectivity index (χ4v) is 3.19. The van der Waals surface area contributed by atoms with Crippen molar-refractivity contribution >= 4 is 47.4 Å². The van der Waals surface area contributed by atoms with Gasteiger partial charge in [0.15, 0.2) is 11.7 Å². The van der Waals surface area contributed by atoms with Gasteiger partial charge < -0.3 is 24.6 Å². The molecule has 1 unspecified atom stereocenters. The number of nitrogens with one attached hydrogen (secondary N) is 1. The van der Waals surface area contributed by atoms with Crippen LogP contribution < -0.4 is 5.32 Å². The average molecular weight is 533 g/mol. The van der Waals surface area contributed by atoms with Crippen molar-refractivity contribution in [1.82, 2.24) is 15.1 Å². The summed E-state index contributed by atoms with van der Waals surface area (Å²) in [5.41, 5.74) is 0.776. The van der Waals surface area contributed by atoms with Crippen LogP contribution >= 0.6 is 35.6 Å². The first-order valence-corrected chi connectivity index (χ1v) is 9.76. The monoisotopic (exact) mass is 532 g/mol. The number of piperazine rings is 1. The third-order valence-corrected chi connectivity index (χ3v) is 4.85. The lowest BCUT2D eigenvalue weighted by molar-refractivity contribution is 0.0657. The van der Waals surface area contributed by atoms with Crippen molar-refractivity contribution in [2.45, 2.75) is 13.0 Å². The minimum atomic E-state index is -0.701. The summed E-state index contributed by atoms with van der Waals surface area (Å²) in [5.74, 6) is 1.01. The molecule has 2 heterocycles. The molecule has 1 atom stereocenters. The molecule has 2 N–H and O–H groups in total. The Morgan fingerprint density at radius 3 is 2.45 bits per heavy atom. The number of aliphatic hydroxyl groups is 1. The largest absolute Gasteiger partial charge is 0.459 e. The van der Waals surface area contributed by atoms with E-state index in [1.807, 2.05) is 6.92 Å². The summed E-state index contributed by atoms with van der Waals surface area (Å²) >= 11 is 5.89. The van der Waals surface area contributed by atoms with Crippen LogP contribution in [0.1, 0.15) is 29.1 Å². The minimum absolute atomic E-state index is 0. The molecule has 7 nitrogen and oxygen atoms in total. The van der Waals surface area contributed by atoms with E-state index < -0.39 is 6.10 Å². The summed E-state index contributed by atoms with van der Waals surface area (Å²) in [7, 11) is 0. The number of carbonyl (C=O) groups excluding carboxylic acids is 1. The van der Waals surface area contributed by atoms with Gasteiger partial charge >= 0.3 is 0 Å². The van der Waals surface area contributed by atoms with Crippen LogP contribution in [0, 0.1) is 0 Å². The van der Waals surface area contributed by atoms with E-state index in [1.54, 1.807) is 41.3 Å². The molecule has 1 fully saturated rings. The third kappa shape index (κ3) is 6.35. The maximum absolute atomic E-state index is 12.4. The van der Waals surface area contributed by atoms with Gasteiger partial charge in [0, 0.05) is 37.7 Å². The van der Waals surface area contributed by atoms with Gasteiger partial charge in [-0.15, -0.1) is 24.0 Å². The molecule has 2 aromatic rings. The summed E-state index contributed by atoms with van der Waals surface area (Å²) in [6.07, 6.45) is 0.804. The molecule has 1 aliphatic rings. The number of nitrogens with zero attached hydrogens (tertiary/aromatic N) is 3. The number of hydrogen-bond acceptors (Lipinski definition) is 4. The Labute approximate surface area is 192 Å². The van der Waals surface area contributed by atoms with Crippen LogP contribution in [0.4, 0.5) is 0 Å². The second-order valence-corrected chi connectivity index (χ2v) is 6.95. The number of amides is 1. The number of carbonyl (C=O) groups is 1. The predicted molar refractivity (Wildman–Crippen MR) is 124 cm³/mol. The maximum Gasteiger partial charge on any atom is 0.289 e. The van der Waals surface area contributed by atoms with Crippen molar-refractivity contribution in [3.8, 4) is 0 Å². The lowest BCUT2D eigenvalue weighted by Gasteiger charge is -2.36. The lowest BCUT2D eigenvalue weighted by atomic mass is 10.1. The highest BCUT2D eigenvalue weighted by Gasteiger charge is 2.25. The van der Waals surface area contributed by atoms with Crippen molar-refractivity contribution in [2.24, 2.45) is 4.99 Å². The second kappa shape index (κ2) is 11.4. The van der Waals surface area contributed by atoms with Gasteiger partial charge in [-0.2, -0.15) is 0 Å². The van der Waals surface area contributed by atoms with E-state index in [4.69, 9.17) is 16.0 Å². The normalized spacial score (nSPS) is 15.6. The van der Waals surface area contributed by atoms with Crippen molar-refractivity contribution in [2.75, 3.05) is 39.3 Å². The molecular formula is C20H26ClIN4O3. The molecule has 0 spiro atoms. The van der Waals surface area contributed by atoms with Crippen LogP contribution in [-0.2, 0) is 0 Å². The number of furan rings is 1. The van der Waals surface area contributed by atoms with Crippen LogP contribution in [0.15, 0.2) is 52.1 Å². The first-order valence-electron chi connectivity index (χ1n) is 9.38. The van der Waals surface area contributed by atoms with E-state index in [9.17, 15) is 9.90 Å². The molecule has 1 aliphatic heterocycles. The summed E-state index contributed by atoms with van der Waals surface area (Å²) in [6, 6.07) is 10.5. The van der Waals surface area contributed by atoms with E-state index in [0.717, 1.165) is 18.1 Å². The summed E-state index contributed by atoms with van der Waals surface area (Å²) in [4.78, 5) is 20.8. The van der Waals surface area contributed by atoms with Crippen molar-refractivity contribution in [1.29, 1.82) is 0 Å². The van der Waals surface area contributed by atoms with Crippen LogP contribution in [-0.4, -0.2) is 66.0 Å². The van der Waals surface area contributed by atoms with Gasteiger partial charge in [-0.3, -0.25) is 9.79 Å². The standard InChI is InChI=1S/C20H25ClN4O3.HI/c1-2-22-20(23-14-17(26)15-5-7-16(21)8-6-15)25-11-9-24(10-12-25)19(27)18-4-3-13-28-18;/h3-8,13,17,26H,2,9-12,14H2,1H3,(H,22,23);1H. The SMILES string of the molecule is CCNC(=NCC(O)c1ccc(Cl)cc1)N1CCN(C(=O)c2ccco2)CC1.I. The maximum atomic E-state index is 12.4. The molecule has 1 aromatic carbocycles. The summed E-state index contributed by atoms with van der Waals surface area (Å²) < 4.78 is 5.20. The number of guanidine groups is 1. The van der Waals surface area contributed by atoms with Crippen molar-refractivity contribution in [3.05, 3.63) is 59.0 Å². The smallest absolute Gasteiger partial charge is 0.289 e. The first-order chi connectivity index (χ1) is 13.6. The van der Waals surface area contributed by atoms with Crippen LogP contribution in [0.5, 0.6) is 0 Å². The van der Waals surface area contributed by atoms with Crippen molar-refractivity contribution < 1.29 is 14.3 Å². The van der Waals surface area contributed by atoms with Gasteiger partial charge in [0.1, 0.15) is 0 Å². The zero-order chi connectivity index (χ0) is 19.9. The molecule has 158 valence electrons. The zero-order valence-electron chi connectivity index (χ0n) is 16.3. The van der Waals surface area contributed by atoms with Crippen LogP contribution in [0.3, 0.4) is 0 Å². The fraction of sp³-hybridized carbons (Fsp3) is 0.400. The number of aliphatic imine (C=N–C) groups is 1. The Hall–Kier alpha value is -1.78. The second-order valence-electron chi connectivity index (χ2n) is 6.52. The molecule has 1 saturated heterocycles. The third-order valence-electron chi connectivity index (χ3n) is 4.60. The van der Waals surface area contributed by atoms with Crippen molar-refractivity contribution in [3.63, 3.8) is 0 Å². The van der Waals surface area contributed by atoms with Gasteiger partial charge in [-0.1, -0.05) is 23.7 Å². The number of benzene rings is 1. The van der Waals surface area contributed by atoms with Gasteiger partial charge in [0.2, 0.25) is 0 Å². The highest BCUT2D eigenvalue weighted by Crippen LogP contribution is 2.17. The molecule has 0 bridgehead atoms. The minimum Gasteiger partial charge on any atom is -0.459 e. The molecule has 1 amide bonds. The van der Waals surface area contributed by atoms with Crippen LogP contribution in [0.2, 0.25) is 5.02 Å². The lowest BCUT2D eigenvalue weighted by Crippen LogP contribution is -2.53. The van der Waals surface area contributed by atoms with Gasteiger partial charge in [-0.25, -0.2) is 0 Å². The molecule has 9 heteroatoms. The van der Waals surface area contributed by atoms with E-state index in [-0.39, 0.29) is 36.4 Å². The van der Waals surface area contributed by atoms with Gasteiger partial charge in [0.05, 0.1) is 18.9 Å². The highest BCUT2D eigenvalue weighted by molar-refractivity contribution is 14.0. The molecular weight excluding hydrogens is 507 g/mol. The zero-order valence-corrected chi connectivity index (χ0v) is 19.3. The summed E-state index contributed by atoms with van der Waals surface area (Å²) in [6.45, 7) is 5.47. The Balaban J connectivity index is 0.00000300. The fourth-order valence-electron chi connectivity index (χ4n) is 3.07. The number of hydrogen-bond donors (Lipinski definition) is 2. The van der Waals surface area contributed by atoms with E-state index >= 15 is 0 Å². The number of aliphatic hydroxyl groups excluding tert-OH is 1. The quantitative estimate of drug-likeness (QED) is 0.352. The van der Waals surface area contributed by atoms with Gasteiger partial charge in [0.25, 0.3) is 5.91 Å². The topological polar surface area (TPSA) is 81.3 Å². The molecule has 3 rings (SSSR count). The van der Waals surface area contributed by atoms with Gasteiger partial charge in [-0.05, 0) is 36.8 Å². The molecule has 29 heavy (non-hydrogen) atoms. The first kappa shape index (κ1) is 23.5. The Kier molecular flexibility index (Phi) is 9.25. The molecule has 0 saturated carbocycles. The van der Waals surface area contributed by atoms with E-state index in [1.165, 1.54) is 6.26 Å². The summed E-state index contributed by atoms with van der Waals surface area (Å²) in [5, 5.41) is 14.3. The van der Waals surface area contributed by atoms with E-state index in [2.05, 4.69) is 15.2 Å². The predicted octanol–water partition coefficient (Wildman–Crippen LogP) is 3.01. The average Bonchev–Trinajstić information content (AvgIpc) is 3.26. The Bertz CT molecular complexity index is 791. The van der Waals surface area contributed by atoms with Crippen LogP contribution in [0.25, 0.3) is 0 Å². The molecule has 0 aliphatic carbocycles. The molecule has 1 aromatic heterocycles. The number of rotatable bonds is 5. The number of halogens is 2.